The van der Waals surface area contributed by atoms with Crippen LogP contribution in [0.3, 0.4) is 0 Å². The van der Waals surface area contributed by atoms with Crippen molar-refractivity contribution in [2.24, 2.45) is 0 Å². The zero-order chi connectivity index (χ0) is 13.0. The van der Waals surface area contributed by atoms with Crippen LogP contribution in [0.5, 0.6) is 11.5 Å². The van der Waals surface area contributed by atoms with E-state index in [0.717, 1.165) is 17.7 Å². The fourth-order valence-corrected chi connectivity index (χ4v) is 1.47. The molecule has 0 atom stereocenters. The van der Waals surface area contributed by atoms with Gasteiger partial charge in [0.2, 0.25) is 0 Å². The first-order valence-corrected chi connectivity index (χ1v) is 5.29. The monoisotopic (exact) mass is 283 g/mol. The van der Waals surface area contributed by atoms with Gasteiger partial charge in [-0.15, -0.1) is 0 Å². The van der Waals surface area contributed by atoms with Crippen LogP contribution in [0, 0.1) is 10.1 Å². The quantitative estimate of drug-likeness (QED) is 0.420. The molecule has 0 amide bonds. The number of rotatable bonds is 4. The Kier molecular flexibility index (Phi) is 6.46. The standard InChI is InChI=1S/C13H11NO4.K/c15-13-7-6-11(8-12(13)14(16)17)18-9-10-4-2-1-3-5-10;/h1-8,15H,9H2;/q;+1/p-1. The third kappa shape index (κ3) is 4.59. The molecule has 0 aromatic heterocycles. The van der Waals surface area contributed by atoms with E-state index in [1.807, 2.05) is 30.3 Å². The van der Waals surface area contributed by atoms with Gasteiger partial charge in [-0.1, -0.05) is 36.4 Å². The van der Waals surface area contributed by atoms with Crippen molar-refractivity contribution in [1.29, 1.82) is 0 Å². The Morgan fingerprint density at radius 2 is 1.79 bits per heavy atom. The molecule has 0 radical (unpaired) electrons. The van der Waals surface area contributed by atoms with Gasteiger partial charge in [-0.05, 0) is 17.4 Å². The average Bonchev–Trinajstić information content (AvgIpc) is 2.38. The van der Waals surface area contributed by atoms with Gasteiger partial charge in [-0.2, -0.15) is 0 Å². The van der Waals surface area contributed by atoms with Crippen molar-refractivity contribution >= 4 is 5.69 Å². The molecule has 0 aliphatic heterocycles. The third-order valence-electron chi connectivity index (χ3n) is 2.38. The van der Waals surface area contributed by atoms with E-state index in [-0.39, 0.29) is 51.4 Å². The Morgan fingerprint density at radius 3 is 2.42 bits per heavy atom. The maximum atomic E-state index is 11.2. The second-order valence-corrected chi connectivity index (χ2v) is 3.66. The van der Waals surface area contributed by atoms with Gasteiger partial charge in [-0.25, -0.2) is 0 Å². The molecule has 0 aliphatic carbocycles. The Morgan fingerprint density at radius 1 is 1.11 bits per heavy atom. The van der Waals surface area contributed by atoms with Crippen LogP contribution in [0.4, 0.5) is 5.69 Å². The first-order chi connectivity index (χ1) is 8.66. The van der Waals surface area contributed by atoms with Crippen LogP contribution >= 0.6 is 0 Å². The summed E-state index contributed by atoms with van der Waals surface area (Å²) in [6.07, 6.45) is 0. The summed E-state index contributed by atoms with van der Waals surface area (Å²) in [4.78, 5) is 9.89. The maximum Gasteiger partial charge on any atom is 1.00 e. The van der Waals surface area contributed by atoms with E-state index in [2.05, 4.69) is 0 Å². The molecule has 0 saturated carbocycles. The first-order valence-electron chi connectivity index (χ1n) is 5.29. The first kappa shape index (κ1) is 16.1. The van der Waals surface area contributed by atoms with Crippen molar-refractivity contribution in [2.45, 2.75) is 6.61 Å². The van der Waals surface area contributed by atoms with Crippen LogP contribution in [-0.2, 0) is 6.61 Å². The molecule has 6 heteroatoms. The van der Waals surface area contributed by atoms with Crippen molar-refractivity contribution in [2.75, 3.05) is 0 Å². The average molecular weight is 283 g/mol. The van der Waals surface area contributed by atoms with E-state index < -0.39 is 16.4 Å². The summed E-state index contributed by atoms with van der Waals surface area (Å²) < 4.78 is 5.39. The van der Waals surface area contributed by atoms with Gasteiger partial charge in [0.25, 0.3) is 5.69 Å². The number of hydrogen-bond donors (Lipinski definition) is 0. The van der Waals surface area contributed by atoms with E-state index >= 15 is 0 Å². The molecule has 0 heterocycles. The molecular formula is C13H10KNO4. The number of nitro groups is 1. The maximum absolute atomic E-state index is 11.2. The predicted molar refractivity (Wildman–Crippen MR) is 63.3 cm³/mol. The van der Waals surface area contributed by atoms with Crippen LogP contribution in [0.1, 0.15) is 5.56 Å². The Balaban J connectivity index is 0.00000180. The summed E-state index contributed by atoms with van der Waals surface area (Å²) in [6, 6.07) is 13.1. The number of nitro benzene ring substituents is 1. The van der Waals surface area contributed by atoms with Gasteiger partial charge in [0.1, 0.15) is 12.4 Å². The third-order valence-corrected chi connectivity index (χ3v) is 2.38. The Labute approximate surface area is 152 Å². The SMILES string of the molecule is O=[N+]([O-])c1cc(OCc2ccccc2)ccc1[O-].[K+]. The molecule has 92 valence electrons. The van der Waals surface area contributed by atoms with Crippen LogP contribution in [0.15, 0.2) is 48.5 Å². The summed E-state index contributed by atoms with van der Waals surface area (Å²) in [5.74, 6) is -0.308. The summed E-state index contributed by atoms with van der Waals surface area (Å²) in [7, 11) is 0. The van der Waals surface area contributed by atoms with Crippen LogP contribution in [0.25, 0.3) is 0 Å². The number of nitrogens with zero attached hydrogens (tertiary/aromatic N) is 1. The molecule has 0 aliphatic rings. The summed E-state index contributed by atoms with van der Waals surface area (Å²) >= 11 is 0. The molecule has 5 nitrogen and oxygen atoms in total. The number of hydrogen-bond acceptors (Lipinski definition) is 4. The molecule has 0 unspecified atom stereocenters. The smallest absolute Gasteiger partial charge is 0.868 e. The van der Waals surface area contributed by atoms with E-state index in [9.17, 15) is 15.2 Å². The van der Waals surface area contributed by atoms with E-state index in [1.165, 1.54) is 6.07 Å². The fraction of sp³-hybridized carbons (Fsp3) is 0.0769. The van der Waals surface area contributed by atoms with Crippen LogP contribution in [-0.4, -0.2) is 4.92 Å². The van der Waals surface area contributed by atoms with E-state index in [4.69, 9.17) is 4.74 Å². The van der Waals surface area contributed by atoms with Gasteiger partial charge in [-0.3, -0.25) is 10.1 Å². The van der Waals surface area contributed by atoms with Crippen molar-refractivity contribution in [3.8, 4) is 11.5 Å². The minimum absolute atomic E-state index is 0. The molecule has 0 spiro atoms. The molecule has 0 fully saturated rings. The molecule has 19 heavy (non-hydrogen) atoms. The second kappa shape index (κ2) is 7.61. The predicted octanol–water partition coefficient (Wildman–Crippen LogP) is -0.749. The molecule has 0 bridgehead atoms. The molecule has 2 rings (SSSR count). The minimum Gasteiger partial charge on any atom is -0.868 e. The van der Waals surface area contributed by atoms with E-state index in [1.54, 1.807) is 0 Å². The normalized spacial score (nSPS) is 9.47. The van der Waals surface area contributed by atoms with Gasteiger partial charge in [0, 0.05) is 0 Å². The summed E-state index contributed by atoms with van der Waals surface area (Å²) in [6.45, 7) is 0.302. The Bertz CT molecular complexity index is 560. The van der Waals surface area contributed by atoms with Crippen LogP contribution in [0.2, 0.25) is 0 Å². The van der Waals surface area contributed by atoms with Crippen LogP contribution < -0.4 is 61.2 Å². The summed E-state index contributed by atoms with van der Waals surface area (Å²) in [5.41, 5.74) is 0.479. The molecule has 0 N–H and O–H groups in total. The zero-order valence-corrected chi connectivity index (χ0v) is 13.5. The van der Waals surface area contributed by atoms with Crippen molar-refractivity contribution in [3.05, 3.63) is 64.2 Å². The molecular weight excluding hydrogens is 273 g/mol. The van der Waals surface area contributed by atoms with Gasteiger partial charge in [0.05, 0.1) is 11.0 Å². The van der Waals surface area contributed by atoms with Gasteiger partial charge < -0.3 is 9.84 Å². The Hall–Kier alpha value is -0.924. The number of benzene rings is 2. The van der Waals surface area contributed by atoms with Crippen molar-refractivity contribution < 1.29 is 66.2 Å². The largest absolute Gasteiger partial charge is 1.00 e. The molecule has 0 saturated heterocycles. The minimum atomic E-state index is -0.711. The van der Waals surface area contributed by atoms with Gasteiger partial charge in [0.15, 0.2) is 0 Å². The molecule has 2 aromatic carbocycles. The second-order valence-electron chi connectivity index (χ2n) is 3.66. The summed E-state index contributed by atoms with van der Waals surface area (Å²) in [5, 5.41) is 21.8. The number of ether oxygens (including phenoxy) is 1. The van der Waals surface area contributed by atoms with E-state index in [0.29, 0.717) is 12.4 Å². The molecule has 2 aromatic rings. The topological polar surface area (TPSA) is 75.4 Å². The van der Waals surface area contributed by atoms with Gasteiger partial charge >= 0.3 is 51.4 Å². The fourth-order valence-electron chi connectivity index (χ4n) is 1.47. The van der Waals surface area contributed by atoms with Crippen molar-refractivity contribution in [1.82, 2.24) is 0 Å². The van der Waals surface area contributed by atoms with Crippen molar-refractivity contribution in [3.63, 3.8) is 0 Å². The zero-order valence-electron chi connectivity index (χ0n) is 10.4.